The molecule has 0 aromatic carbocycles. The van der Waals surface area contributed by atoms with Gasteiger partial charge in [-0.15, -0.1) is 11.3 Å². The number of rotatable bonds is 1. The molecular weight excluding hydrogens is 264 g/mol. The van der Waals surface area contributed by atoms with Gasteiger partial charge in [0.25, 0.3) is 0 Å². The van der Waals surface area contributed by atoms with E-state index in [1.807, 2.05) is 5.38 Å². The third-order valence-corrected chi connectivity index (χ3v) is 3.91. The van der Waals surface area contributed by atoms with Crippen molar-refractivity contribution in [3.63, 3.8) is 0 Å². The molecule has 0 bridgehead atoms. The summed E-state index contributed by atoms with van der Waals surface area (Å²) in [5, 5.41) is 3.09. The van der Waals surface area contributed by atoms with E-state index in [1.54, 1.807) is 11.3 Å². The van der Waals surface area contributed by atoms with E-state index in [9.17, 15) is 0 Å². The number of halogens is 1. The number of ether oxygens (including phenoxy) is 1. The topological polar surface area (TPSA) is 25.4 Å². The van der Waals surface area contributed by atoms with Gasteiger partial charge in [-0.1, -0.05) is 0 Å². The Kier molecular flexibility index (Phi) is 2.81. The summed E-state index contributed by atoms with van der Waals surface area (Å²) in [4.78, 5) is 6.75. The SMILES string of the molecule is CC1(C)COCCN1c1nc(Br)cs1. The Bertz CT molecular complexity index is 326. The molecule has 1 aliphatic rings. The minimum Gasteiger partial charge on any atom is -0.377 e. The minimum atomic E-state index is 0.0511. The van der Waals surface area contributed by atoms with Crippen molar-refractivity contribution in [2.24, 2.45) is 0 Å². The van der Waals surface area contributed by atoms with E-state index in [0.717, 1.165) is 29.5 Å². The lowest BCUT2D eigenvalue weighted by atomic mass is 10.0. The van der Waals surface area contributed by atoms with Crippen molar-refractivity contribution in [2.45, 2.75) is 19.4 Å². The lowest BCUT2D eigenvalue weighted by Gasteiger charge is -2.41. The highest BCUT2D eigenvalue weighted by atomic mass is 79.9. The fourth-order valence-corrected chi connectivity index (χ4v) is 3.02. The molecule has 2 heterocycles. The summed E-state index contributed by atoms with van der Waals surface area (Å²) >= 11 is 5.05. The Morgan fingerprint density at radius 1 is 1.64 bits per heavy atom. The van der Waals surface area contributed by atoms with Crippen molar-refractivity contribution in [3.8, 4) is 0 Å². The van der Waals surface area contributed by atoms with Crippen LogP contribution in [0.3, 0.4) is 0 Å². The number of hydrogen-bond donors (Lipinski definition) is 0. The fourth-order valence-electron chi connectivity index (χ4n) is 1.58. The van der Waals surface area contributed by atoms with E-state index in [1.165, 1.54) is 0 Å². The molecule has 5 heteroatoms. The molecular formula is C9H13BrN2OS. The van der Waals surface area contributed by atoms with Crippen molar-refractivity contribution >= 4 is 32.4 Å². The largest absolute Gasteiger partial charge is 0.377 e. The molecule has 78 valence electrons. The standard InChI is InChI=1S/C9H13BrN2OS/c1-9(2)6-13-4-3-12(9)8-11-7(10)5-14-8/h5H,3-4,6H2,1-2H3. The van der Waals surface area contributed by atoms with Gasteiger partial charge in [0.1, 0.15) is 4.60 Å². The zero-order valence-corrected chi connectivity index (χ0v) is 10.7. The van der Waals surface area contributed by atoms with Crippen molar-refractivity contribution in [2.75, 3.05) is 24.7 Å². The molecule has 0 radical (unpaired) electrons. The van der Waals surface area contributed by atoms with Crippen molar-refractivity contribution in [3.05, 3.63) is 9.98 Å². The first-order valence-electron chi connectivity index (χ1n) is 4.56. The summed E-state index contributed by atoms with van der Waals surface area (Å²) in [6, 6.07) is 0. The summed E-state index contributed by atoms with van der Waals surface area (Å²) in [6.07, 6.45) is 0. The second kappa shape index (κ2) is 3.79. The lowest BCUT2D eigenvalue weighted by molar-refractivity contribution is 0.0643. The number of morpholine rings is 1. The quantitative estimate of drug-likeness (QED) is 0.788. The molecule has 0 N–H and O–H groups in total. The van der Waals surface area contributed by atoms with Crippen LogP contribution >= 0.6 is 27.3 Å². The molecule has 1 aromatic rings. The van der Waals surface area contributed by atoms with Crippen LogP contribution in [-0.4, -0.2) is 30.3 Å². The second-order valence-electron chi connectivity index (χ2n) is 3.97. The average molecular weight is 277 g/mol. The van der Waals surface area contributed by atoms with Crippen LogP contribution in [0.15, 0.2) is 9.98 Å². The minimum absolute atomic E-state index is 0.0511. The average Bonchev–Trinajstić information content (AvgIpc) is 2.51. The molecule has 14 heavy (non-hydrogen) atoms. The molecule has 0 unspecified atom stereocenters. The van der Waals surface area contributed by atoms with Crippen molar-refractivity contribution in [1.29, 1.82) is 0 Å². The van der Waals surface area contributed by atoms with Crippen LogP contribution in [-0.2, 0) is 4.74 Å². The van der Waals surface area contributed by atoms with E-state index >= 15 is 0 Å². The zero-order chi connectivity index (χ0) is 10.2. The van der Waals surface area contributed by atoms with E-state index in [-0.39, 0.29) is 5.54 Å². The van der Waals surface area contributed by atoms with Crippen LogP contribution in [0.25, 0.3) is 0 Å². The maximum Gasteiger partial charge on any atom is 0.186 e. The van der Waals surface area contributed by atoms with Crippen LogP contribution in [0.2, 0.25) is 0 Å². The van der Waals surface area contributed by atoms with Gasteiger partial charge in [-0.2, -0.15) is 0 Å². The summed E-state index contributed by atoms with van der Waals surface area (Å²) < 4.78 is 6.38. The highest BCUT2D eigenvalue weighted by Crippen LogP contribution is 2.30. The van der Waals surface area contributed by atoms with Crippen LogP contribution in [0.4, 0.5) is 5.13 Å². The Morgan fingerprint density at radius 2 is 2.43 bits per heavy atom. The van der Waals surface area contributed by atoms with Crippen LogP contribution < -0.4 is 4.90 Å². The van der Waals surface area contributed by atoms with Crippen LogP contribution in [0.5, 0.6) is 0 Å². The molecule has 0 spiro atoms. The fraction of sp³-hybridized carbons (Fsp3) is 0.667. The van der Waals surface area contributed by atoms with Crippen molar-refractivity contribution < 1.29 is 4.74 Å². The van der Waals surface area contributed by atoms with Crippen LogP contribution in [0.1, 0.15) is 13.8 Å². The molecule has 0 saturated carbocycles. The normalized spacial score (nSPS) is 21.2. The highest BCUT2D eigenvalue weighted by Gasteiger charge is 2.32. The van der Waals surface area contributed by atoms with Gasteiger partial charge < -0.3 is 9.64 Å². The summed E-state index contributed by atoms with van der Waals surface area (Å²) in [5.41, 5.74) is 0.0511. The van der Waals surface area contributed by atoms with Gasteiger partial charge in [0.2, 0.25) is 0 Å². The first-order valence-corrected chi connectivity index (χ1v) is 6.23. The third kappa shape index (κ3) is 1.94. The third-order valence-electron chi connectivity index (χ3n) is 2.34. The summed E-state index contributed by atoms with van der Waals surface area (Å²) in [6.45, 7) is 6.85. The predicted molar refractivity (Wildman–Crippen MR) is 62.1 cm³/mol. The van der Waals surface area contributed by atoms with Gasteiger partial charge in [0.15, 0.2) is 5.13 Å². The molecule has 0 atom stereocenters. The smallest absolute Gasteiger partial charge is 0.186 e. The molecule has 1 fully saturated rings. The molecule has 1 aliphatic heterocycles. The number of nitrogens with zero attached hydrogens (tertiary/aromatic N) is 2. The number of hydrogen-bond acceptors (Lipinski definition) is 4. The van der Waals surface area contributed by atoms with Gasteiger partial charge >= 0.3 is 0 Å². The monoisotopic (exact) mass is 276 g/mol. The van der Waals surface area contributed by atoms with Crippen molar-refractivity contribution in [1.82, 2.24) is 4.98 Å². The maximum atomic E-state index is 5.47. The van der Waals surface area contributed by atoms with Gasteiger partial charge in [-0.25, -0.2) is 4.98 Å². The molecule has 0 amide bonds. The predicted octanol–water partition coefficient (Wildman–Crippen LogP) is 2.52. The maximum absolute atomic E-state index is 5.47. The Morgan fingerprint density at radius 3 is 3.00 bits per heavy atom. The summed E-state index contributed by atoms with van der Waals surface area (Å²) in [7, 11) is 0. The van der Waals surface area contributed by atoms with E-state index < -0.39 is 0 Å². The van der Waals surface area contributed by atoms with Gasteiger partial charge in [-0.3, -0.25) is 0 Å². The Hall–Kier alpha value is -0.130. The highest BCUT2D eigenvalue weighted by molar-refractivity contribution is 9.10. The van der Waals surface area contributed by atoms with Gasteiger partial charge in [0, 0.05) is 11.9 Å². The molecule has 1 aromatic heterocycles. The Labute approximate surface area is 96.2 Å². The second-order valence-corrected chi connectivity index (χ2v) is 5.62. The summed E-state index contributed by atoms with van der Waals surface area (Å²) in [5.74, 6) is 0. The molecule has 1 saturated heterocycles. The first kappa shape index (κ1) is 10.4. The molecule has 3 nitrogen and oxygen atoms in total. The number of anilines is 1. The molecule has 0 aliphatic carbocycles. The lowest BCUT2D eigenvalue weighted by Crippen LogP contribution is -2.53. The zero-order valence-electron chi connectivity index (χ0n) is 8.29. The van der Waals surface area contributed by atoms with E-state index in [4.69, 9.17) is 4.74 Å². The molecule has 2 rings (SSSR count). The Balaban J connectivity index is 2.23. The van der Waals surface area contributed by atoms with E-state index in [0.29, 0.717) is 0 Å². The van der Waals surface area contributed by atoms with Gasteiger partial charge in [-0.05, 0) is 29.8 Å². The van der Waals surface area contributed by atoms with E-state index in [2.05, 4.69) is 39.7 Å². The number of aromatic nitrogens is 1. The first-order chi connectivity index (χ1) is 6.59. The van der Waals surface area contributed by atoms with Crippen LogP contribution in [0, 0.1) is 0 Å². The van der Waals surface area contributed by atoms with Gasteiger partial charge in [0.05, 0.1) is 18.8 Å². The number of thiazole rings is 1.